The number of ether oxygens (including phenoxy) is 1. The molecule has 0 radical (unpaired) electrons. The lowest BCUT2D eigenvalue weighted by atomic mass is 10.2. The molecule has 7 heteroatoms. The van der Waals surface area contributed by atoms with Crippen molar-refractivity contribution < 1.29 is 17.9 Å². The molecule has 0 saturated heterocycles. The third-order valence-corrected chi connectivity index (χ3v) is 2.77. The van der Waals surface area contributed by atoms with E-state index in [9.17, 15) is 13.2 Å². The molecule has 0 spiro atoms. The Bertz CT molecular complexity index is 671. The lowest BCUT2D eigenvalue weighted by molar-refractivity contribution is -0.274. The average Bonchev–Trinajstić information content (AvgIpc) is 2.76. The van der Waals surface area contributed by atoms with Crippen molar-refractivity contribution in [2.45, 2.75) is 12.9 Å². The molecule has 110 valence electrons. The molecule has 0 amide bonds. The lowest BCUT2D eigenvalue weighted by Crippen LogP contribution is -2.18. The number of hydrogen-bond donors (Lipinski definition) is 1. The normalized spacial score (nSPS) is 11.0. The van der Waals surface area contributed by atoms with E-state index in [1.54, 1.807) is 29.9 Å². The summed E-state index contributed by atoms with van der Waals surface area (Å²) in [6.07, 6.45) is -3.00. The van der Waals surface area contributed by atoms with Crippen molar-refractivity contribution in [3.63, 3.8) is 0 Å². The molecule has 0 aliphatic rings. The molecule has 0 atom stereocenters. The molecule has 21 heavy (non-hydrogen) atoms. The van der Waals surface area contributed by atoms with E-state index >= 15 is 0 Å². The van der Waals surface area contributed by atoms with Gasteiger partial charge in [-0.2, -0.15) is 5.26 Å². The molecule has 1 aromatic heterocycles. The van der Waals surface area contributed by atoms with Gasteiger partial charge in [-0.05, 0) is 23.8 Å². The van der Waals surface area contributed by atoms with Gasteiger partial charge in [-0.15, -0.1) is 13.2 Å². The topological polar surface area (TPSA) is 50.0 Å². The number of nitrogens with one attached hydrogen (secondary N) is 1. The molecule has 0 bridgehead atoms. The van der Waals surface area contributed by atoms with Crippen LogP contribution in [0.3, 0.4) is 0 Å². The first kappa shape index (κ1) is 14.8. The Kier molecular flexibility index (Phi) is 4.08. The molecule has 0 unspecified atom stereocenters. The van der Waals surface area contributed by atoms with E-state index in [-0.39, 0.29) is 18.0 Å². The molecule has 0 aliphatic carbocycles. The Morgan fingerprint density at radius 1 is 1.33 bits per heavy atom. The van der Waals surface area contributed by atoms with Crippen molar-refractivity contribution in [1.82, 2.24) is 4.57 Å². The highest BCUT2D eigenvalue weighted by atomic mass is 19.4. The van der Waals surface area contributed by atoms with E-state index in [2.05, 4.69) is 10.1 Å². The van der Waals surface area contributed by atoms with Crippen LogP contribution in [0.15, 0.2) is 36.5 Å². The molecule has 0 fully saturated rings. The molecule has 1 heterocycles. The number of rotatable bonds is 4. The van der Waals surface area contributed by atoms with Crippen LogP contribution in [0.4, 0.5) is 18.9 Å². The van der Waals surface area contributed by atoms with Crippen molar-refractivity contribution in [3.8, 4) is 11.8 Å². The van der Waals surface area contributed by atoms with Crippen LogP contribution in [-0.4, -0.2) is 10.9 Å². The smallest absolute Gasteiger partial charge is 0.404 e. The van der Waals surface area contributed by atoms with Crippen LogP contribution < -0.4 is 10.1 Å². The first-order chi connectivity index (χ1) is 9.89. The van der Waals surface area contributed by atoms with E-state index < -0.39 is 6.36 Å². The number of aromatic nitrogens is 1. The van der Waals surface area contributed by atoms with Crippen LogP contribution in [0.1, 0.15) is 11.3 Å². The number of hydrogen-bond acceptors (Lipinski definition) is 3. The maximum Gasteiger partial charge on any atom is 0.573 e. The average molecular weight is 295 g/mol. The zero-order valence-corrected chi connectivity index (χ0v) is 11.1. The van der Waals surface area contributed by atoms with Crippen molar-refractivity contribution >= 4 is 5.69 Å². The van der Waals surface area contributed by atoms with E-state index in [0.717, 1.165) is 5.56 Å². The minimum atomic E-state index is -4.74. The summed E-state index contributed by atoms with van der Waals surface area (Å²) >= 11 is 0. The summed E-state index contributed by atoms with van der Waals surface area (Å²) < 4.78 is 42.5. The molecule has 2 aromatic rings. The Morgan fingerprint density at radius 3 is 2.67 bits per heavy atom. The number of nitrogens with zero attached hydrogens (tertiary/aromatic N) is 2. The van der Waals surface area contributed by atoms with E-state index in [1.165, 1.54) is 18.2 Å². The second-order valence-electron chi connectivity index (χ2n) is 4.35. The van der Waals surface area contributed by atoms with Crippen molar-refractivity contribution in [2.24, 2.45) is 7.05 Å². The third kappa shape index (κ3) is 3.92. The summed E-state index contributed by atoms with van der Waals surface area (Å²) in [7, 11) is 1.72. The molecule has 1 aromatic carbocycles. The van der Waals surface area contributed by atoms with Gasteiger partial charge in [0.05, 0.1) is 5.69 Å². The maximum absolute atomic E-state index is 12.3. The van der Waals surface area contributed by atoms with E-state index in [1.807, 2.05) is 6.07 Å². The second-order valence-corrected chi connectivity index (χ2v) is 4.35. The first-order valence-corrected chi connectivity index (χ1v) is 6.03. The largest absolute Gasteiger partial charge is 0.573 e. The number of alkyl halides is 3. The fraction of sp³-hybridized carbons (Fsp3) is 0.214. The maximum atomic E-state index is 12.3. The summed E-state index contributed by atoms with van der Waals surface area (Å²) in [5.74, 6) is -0.290. The Morgan fingerprint density at radius 2 is 2.05 bits per heavy atom. The Hall–Kier alpha value is -2.62. The highest BCUT2D eigenvalue weighted by Crippen LogP contribution is 2.30. The zero-order chi connectivity index (χ0) is 15.5. The van der Waals surface area contributed by atoms with E-state index in [0.29, 0.717) is 5.69 Å². The van der Waals surface area contributed by atoms with Crippen LogP contribution >= 0.6 is 0 Å². The monoisotopic (exact) mass is 295 g/mol. The van der Waals surface area contributed by atoms with Crippen LogP contribution in [0.25, 0.3) is 0 Å². The molecule has 2 rings (SSSR count). The zero-order valence-electron chi connectivity index (χ0n) is 11.1. The van der Waals surface area contributed by atoms with Crippen LogP contribution in [0.2, 0.25) is 0 Å². The molecule has 0 saturated carbocycles. The number of anilines is 1. The van der Waals surface area contributed by atoms with E-state index in [4.69, 9.17) is 5.26 Å². The predicted octanol–water partition coefficient (Wildman–Crippen LogP) is 3.41. The van der Waals surface area contributed by atoms with Crippen molar-refractivity contribution in [3.05, 3.63) is 47.8 Å². The van der Waals surface area contributed by atoms with Gasteiger partial charge in [0.1, 0.15) is 11.8 Å². The molecule has 4 nitrogen and oxygen atoms in total. The van der Waals surface area contributed by atoms with Gasteiger partial charge in [0.15, 0.2) is 5.75 Å². The SMILES string of the molecule is Cn1cc(CNc2ccccc2OC(F)(F)F)cc1C#N. The predicted molar refractivity (Wildman–Crippen MR) is 70.6 cm³/mol. The second kappa shape index (κ2) is 5.79. The van der Waals surface area contributed by atoms with Gasteiger partial charge in [-0.25, -0.2) is 0 Å². The summed E-state index contributed by atoms with van der Waals surface area (Å²) in [6.45, 7) is 0.285. The van der Waals surface area contributed by atoms with Crippen LogP contribution in [0.5, 0.6) is 5.75 Å². The van der Waals surface area contributed by atoms with Gasteiger partial charge in [0.2, 0.25) is 0 Å². The van der Waals surface area contributed by atoms with Gasteiger partial charge >= 0.3 is 6.36 Å². The Labute approximate surface area is 119 Å². The highest BCUT2D eigenvalue weighted by Gasteiger charge is 2.32. The van der Waals surface area contributed by atoms with Gasteiger partial charge in [0.25, 0.3) is 0 Å². The van der Waals surface area contributed by atoms with Gasteiger partial charge in [-0.1, -0.05) is 12.1 Å². The molecular formula is C14H12F3N3O. The minimum absolute atomic E-state index is 0.234. The number of benzene rings is 1. The third-order valence-electron chi connectivity index (χ3n) is 2.77. The quantitative estimate of drug-likeness (QED) is 0.940. The number of halogens is 3. The van der Waals surface area contributed by atoms with Crippen molar-refractivity contribution in [1.29, 1.82) is 5.26 Å². The van der Waals surface area contributed by atoms with Crippen molar-refractivity contribution in [2.75, 3.05) is 5.32 Å². The lowest BCUT2D eigenvalue weighted by Gasteiger charge is -2.14. The molecule has 0 aliphatic heterocycles. The van der Waals surface area contributed by atoms with Crippen LogP contribution in [0, 0.1) is 11.3 Å². The fourth-order valence-electron chi connectivity index (χ4n) is 1.86. The molecular weight excluding hydrogens is 283 g/mol. The number of aryl methyl sites for hydroxylation is 1. The summed E-state index contributed by atoms with van der Waals surface area (Å²) in [6, 6.07) is 9.49. The summed E-state index contributed by atoms with van der Waals surface area (Å²) in [4.78, 5) is 0. The number of nitriles is 1. The van der Waals surface area contributed by atoms with Gasteiger partial charge in [0, 0.05) is 19.8 Å². The first-order valence-electron chi connectivity index (χ1n) is 6.03. The highest BCUT2D eigenvalue weighted by molar-refractivity contribution is 5.56. The van der Waals surface area contributed by atoms with Gasteiger partial charge in [-0.3, -0.25) is 0 Å². The summed E-state index contributed by atoms with van der Waals surface area (Å²) in [5, 5.41) is 11.7. The van der Waals surface area contributed by atoms with Crippen LogP contribution in [-0.2, 0) is 13.6 Å². The standard InChI is InChI=1S/C14H12F3N3O/c1-20-9-10(6-11(20)7-18)8-19-12-4-2-3-5-13(12)21-14(15,16)17/h2-6,9,19H,8H2,1H3. The summed E-state index contributed by atoms with van der Waals surface area (Å²) in [5.41, 5.74) is 1.50. The fourth-order valence-corrected chi connectivity index (χ4v) is 1.86. The number of para-hydroxylation sites is 2. The Balaban J connectivity index is 2.11. The minimum Gasteiger partial charge on any atom is -0.404 e. The van der Waals surface area contributed by atoms with Gasteiger partial charge < -0.3 is 14.6 Å². The molecule has 1 N–H and O–H groups in total.